The molecule has 0 bridgehead atoms. The van der Waals surface area contributed by atoms with Gasteiger partial charge in [-0.3, -0.25) is 0 Å². The molecular weight excluding hydrogens is 275 g/mol. The molecule has 0 aliphatic heterocycles. The van der Waals surface area contributed by atoms with E-state index in [-0.39, 0.29) is 12.4 Å². The van der Waals surface area contributed by atoms with E-state index in [0.717, 1.165) is 26.5 Å². The topological polar surface area (TPSA) is 45.2 Å². The van der Waals surface area contributed by atoms with E-state index in [1.807, 2.05) is 30.3 Å². The fourth-order valence-electron chi connectivity index (χ4n) is 1.96. The van der Waals surface area contributed by atoms with Gasteiger partial charge in [-0.1, -0.05) is 0 Å². The lowest BCUT2D eigenvalue weighted by molar-refractivity contribution is 0.476. The maximum atomic E-state index is 12.1. The van der Waals surface area contributed by atoms with E-state index in [1.165, 1.54) is 11.3 Å². The number of rotatable bonds is 4. The largest absolute Gasteiger partial charge is 0.508 e. The Morgan fingerprint density at radius 3 is 2.70 bits per heavy atom. The molecule has 0 aliphatic rings. The molecule has 0 amide bonds. The summed E-state index contributed by atoms with van der Waals surface area (Å²) in [6.45, 7) is -0.0666. The van der Waals surface area contributed by atoms with E-state index in [9.17, 15) is 9.50 Å². The van der Waals surface area contributed by atoms with Gasteiger partial charge in [0.05, 0.1) is 10.2 Å². The predicted octanol–water partition coefficient (Wildman–Crippen LogP) is 4.05. The molecule has 1 heterocycles. The SMILES string of the molecule is Oc1ccc2nc(-c3ccc(NCCF)cc3)sc2c1. The van der Waals surface area contributed by atoms with E-state index in [2.05, 4.69) is 10.3 Å². The first kappa shape index (κ1) is 12.9. The highest BCUT2D eigenvalue weighted by atomic mass is 32.1. The summed E-state index contributed by atoms with van der Waals surface area (Å²) >= 11 is 1.54. The van der Waals surface area contributed by atoms with Crippen LogP contribution in [0.2, 0.25) is 0 Å². The molecule has 0 unspecified atom stereocenters. The molecular formula is C15H13FN2OS. The number of hydrogen-bond donors (Lipinski definition) is 2. The molecule has 0 saturated carbocycles. The minimum atomic E-state index is -0.386. The zero-order valence-corrected chi connectivity index (χ0v) is 11.5. The highest BCUT2D eigenvalue weighted by Crippen LogP contribution is 2.32. The van der Waals surface area contributed by atoms with Gasteiger partial charge in [-0.2, -0.15) is 0 Å². The van der Waals surface area contributed by atoms with Crippen LogP contribution in [-0.2, 0) is 0 Å². The second kappa shape index (κ2) is 5.46. The third kappa shape index (κ3) is 2.58. The Hall–Kier alpha value is -2.14. The molecule has 3 aromatic rings. The van der Waals surface area contributed by atoms with Gasteiger partial charge in [0, 0.05) is 17.8 Å². The molecule has 102 valence electrons. The molecule has 0 atom stereocenters. The van der Waals surface area contributed by atoms with Gasteiger partial charge in [-0.05, 0) is 42.5 Å². The highest BCUT2D eigenvalue weighted by Gasteiger charge is 2.06. The van der Waals surface area contributed by atoms with Crippen molar-refractivity contribution in [2.75, 3.05) is 18.5 Å². The van der Waals surface area contributed by atoms with Gasteiger partial charge < -0.3 is 10.4 Å². The highest BCUT2D eigenvalue weighted by molar-refractivity contribution is 7.21. The standard InChI is InChI=1S/C15H13FN2OS/c16-7-8-17-11-3-1-10(2-4-11)15-18-13-6-5-12(19)9-14(13)20-15/h1-6,9,17,19H,7-8H2. The normalized spacial score (nSPS) is 10.8. The molecule has 0 radical (unpaired) electrons. The van der Waals surface area contributed by atoms with E-state index >= 15 is 0 Å². The van der Waals surface area contributed by atoms with Crippen molar-refractivity contribution < 1.29 is 9.50 Å². The van der Waals surface area contributed by atoms with E-state index in [0.29, 0.717) is 6.54 Å². The summed E-state index contributed by atoms with van der Waals surface area (Å²) in [5.41, 5.74) is 2.78. The van der Waals surface area contributed by atoms with Crippen LogP contribution in [0.15, 0.2) is 42.5 Å². The number of nitrogens with one attached hydrogen (secondary N) is 1. The molecule has 1 aromatic heterocycles. The van der Waals surface area contributed by atoms with Crippen molar-refractivity contribution in [3.05, 3.63) is 42.5 Å². The lowest BCUT2D eigenvalue weighted by Crippen LogP contribution is -2.02. The van der Waals surface area contributed by atoms with Gasteiger partial charge in [0.1, 0.15) is 17.4 Å². The first-order valence-electron chi connectivity index (χ1n) is 6.26. The first-order valence-corrected chi connectivity index (χ1v) is 7.08. The van der Waals surface area contributed by atoms with E-state index in [4.69, 9.17) is 0 Å². The first-order chi connectivity index (χ1) is 9.76. The molecule has 0 spiro atoms. The number of fused-ring (bicyclic) bond motifs is 1. The fourth-order valence-corrected chi connectivity index (χ4v) is 2.96. The van der Waals surface area contributed by atoms with Gasteiger partial charge in [0.25, 0.3) is 0 Å². The summed E-state index contributed by atoms with van der Waals surface area (Å²) in [5.74, 6) is 0.249. The minimum absolute atomic E-state index is 0.249. The summed E-state index contributed by atoms with van der Waals surface area (Å²) in [7, 11) is 0. The van der Waals surface area contributed by atoms with Crippen LogP contribution in [0.25, 0.3) is 20.8 Å². The van der Waals surface area contributed by atoms with Crippen molar-refractivity contribution in [2.24, 2.45) is 0 Å². The second-order valence-electron chi connectivity index (χ2n) is 4.36. The van der Waals surface area contributed by atoms with E-state index < -0.39 is 0 Å². The van der Waals surface area contributed by atoms with Crippen molar-refractivity contribution in [3.8, 4) is 16.3 Å². The van der Waals surface area contributed by atoms with Crippen LogP contribution in [0.4, 0.5) is 10.1 Å². The summed E-state index contributed by atoms with van der Waals surface area (Å²) < 4.78 is 13.0. The van der Waals surface area contributed by atoms with E-state index in [1.54, 1.807) is 12.1 Å². The average molecular weight is 288 g/mol. The third-order valence-electron chi connectivity index (χ3n) is 2.93. The number of anilines is 1. The zero-order valence-electron chi connectivity index (χ0n) is 10.6. The molecule has 0 aliphatic carbocycles. The molecule has 5 heteroatoms. The van der Waals surface area contributed by atoms with Crippen molar-refractivity contribution >= 4 is 27.2 Å². The van der Waals surface area contributed by atoms with Crippen molar-refractivity contribution in [1.29, 1.82) is 0 Å². The zero-order chi connectivity index (χ0) is 13.9. The number of thiazole rings is 1. The lowest BCUT2D eigenvalue weighted by Gasteiger charge is -2.03. The predicted molar refractivity (Wildman–Crippen MR) is 81.2 cm³/mol. The van der Waals surface area contributed by atoms with Gasteiger partial charge in [0.15, 0.2) is 0 Å². The van der Waals surface area contributed by atoms with Crippen LogP contribution >= 0.6 is 11.3 Å². The van der Waals surface area contributed by atoms with Gasteiger partial charge in [-0.25, -0.2) is 9.37 Å². The van der Waals surface area contributed by atoms with Gasteiger partial charge in [-0.15, -0.1) is 11.3 Å². The Morgan fingerprint density at radius 2 is 1.95 bits per heavy atom. The number of aromatic hydroxyl groups is 1. The number of phenols is 1. The summed E-state index contributed by atoms with van der Waals surface area (Å²) in [6.07, 6.45) is 0. The molecule has 0 fully saturated rings. The van der Waals surface area contributed by atoms with Crippen LogP contribution in [-0.4, -0.2) is 23.3 Å². The Kier molecular flexibility index (Phi) is 3.52. The number of hydrogen-bond acceptors (Lipinski definition) is 4. The maximum absolute atomic E-state index is 12.1. The average Bonchev–Trinajstić information content (AvgIpc) is 2.88. The number of alkyl halides is 1. The lowest BCUT2D eigenvalue weighted by atomic mass is 10.2. The van der Waals surface area contributed by atoms with Gasteiger partial charge >= 0.3 is 0 Å². The number of halogens is 1. The smallest absolute Gasteiger partial charge is 0.124 e. The van der Waals surface area contributed by atoms with Crippen molar-refractivity contribution in [3.63, 3.8) is 0 Å². The number of nitrogens with zero attached hydrogens (tertiary/aromatic N) is 1. The summed E-state index contributed by atoms with van der Waals surface area (Å²) in [4.78, 5) is 4.54. The molecule has 2 aromatic carbocycles. The second-order valence-corrected chi connectivity index (χ2v) is 5.39. The third-order valence-corrected chi connectivity index (χ3v) is 3.99. The molecule has 2 N–H and O–H groups in total. The van der Waals surface area contributed by atoms with Crippen molar-refractivity contribution in [1.82, 2.24) is 4.98 Å². The Balaban J connectivity index is 1.90. The molecule has 3 nitrogen and oxygen atoms in total. The van der Waals surface area contributed by atoms with Crippen LogP contribution in [0, 0.1) is 0 Å². The number of phenolic OH excluding ortho intramolecular Hbond substituents is 1. The number of aromatic nitrogens is 1. The maximum Gasteiger partial charge on any atom is 0.124 e. The number of benzene rings is 2. The van der Waals surface area contributed by atoms with Crippen LogP contribution in [0.5, 0.6) is 5.75 Å². The molecule has 20 heavy (non-hydrogen) atoms. The summed E-state index contributed by atoms with van der Waals surface area (Å²) in [5, 5.41) is 13.4. The minimum Gasteiger partial charge on any atom is -0.508 e. The summed E-state index contributed by atoms with van der Waals surface area (Å²) in [6, 6.07) is 12.9. The fraction of sp³-hybridized carbons (Fsp3) is 0.133. The molecule has 3 rings (SSSR count). The van der Waals surface area contributed by atoms with Crippen LogP contribution < -0.4 is 5.32 Å². The Labute approximate surface area is 119 Å². The van der Waals surface area contributed by atoms with Crippen LogP contribution in [0.1, 0.15) is 0 Å². The Morgan fingerprint density at radius 1 is 1.15 bits per heavy atom. The quantitative estimate of drug-likeness (QED) is 0.761. The van der Waals surface area contributed by atoms with Crippen LogP contribution in [0.3, 0.4) is 0 Å². The Bertz CT molecular complexity index is 724. The monoisotopic (exact) mass is 288 g/mol. The molecule has 0 saturated heterocycles. The van der Waals surface area contributed by atoms with Gasteiger partial charge in [0.2, 0.25) is 0 Å². The van der Waals surface area contributed by atoms with Crippen molar-refractivity contribution in [2.45, 2.75) is 0 Å².